The Morgan fingerprint density at radius 1 is 1.23 bits per heavy atom. The number of rotatable bonds is 3. The van der Waals surface area contributed by atoms with Crippen LogP contribution in [0.4, 0.5) is 17.1 Å². The molecule has 0 amide bonds. The molecule has 26 heavy (non-hydrogen) atoms. The number of allylic oxidation sites excluding steroid dienone is 1. The van der Waals surface area contributed by atoms with E-state index in [-0.39, 0.29) is 0 Å². The van der Waals surface area contributed by atoms with Crippen molar-refractivity contribution in [3.63, 3.8) is 0 Å². The largest absolute Gasteiger partial charge is 0.471 e. The van der Waals surface area contributed by atoms with Crippen molar-refractivity contribution in [3.8, 4) is 5.75 Å². The van der Waals surface area contributed by atoms with Crippen LogP contribution in [0, 0.1) is 6.92 Å². The van der Waals surface area contributed by atoms with Gasteiger partial charge in [-0.2, -0.15) is 0 Å². The maximum absolute atomic E-state index is 5.90. The van der Waals surface area contributed by atoms with E-state index in [1.165, 1.54) is 0 Å². The summed E-state index contributed by atoms with van der Waals surface area (Å²) in [7, 11) is 0. The summed E-state index contributed by atoms with van der Waals surface area (Å²) in [6.07, 6.45) is 3.56. The molecule has 1 unspecified atom stereocenters. The number of ether oxygens (including phenoxy) is 1. The van der Waals surface area contributed by atoms with Crippen LogP contribution < -0.4 is 25.8 Å². The summed E-state index contributed by atoms with van der Waals surface area (Å²) in [5, 5.41) is 6.60. The number of benzene rings is 1. The summed E-state index contributed by atoms with van der Waals surface area (Å²) >= 11 is 0. The summed E-state index contributed by atoms with van der Waals surface area (Å²) in [6.45, 7) is 4.41. The molecule has 1 saturated heterocycles. The van der Waals surface area contributed by atoms with E-state index in [1.54, 1.807) is 6.20 Å². The summed E-state index contributed by atoms with van der Waals surface area (Å²) < 4.78 is 5.52. The highest BCUT2D eigenvalue weighted by Crippen LogP contribution is 2.41. The summed E-state index contributed by atoms with van der Waals surface area (Å²) in [5.74, 6) is 0.571. The lowest BCUT2D eigenvalue weighted by molar-refractivity contribution is -0.0214. The van der Waals surface area contributed by atoms with Crippen LogP contribution in [0.25, 0.3) is 0 Å². The molecule has 2 aromatic rings. The first-order chi connectivity index (χ1) is 12.6. The first-order valence-corrected chi connectivity index (χ1v) is 8.37. The van der Waals surface area contributed by atoms with Crippen molar-refractivity contribution in [2.75, 3.05) is 22.3 Å². The second-order valence-electron chi connectivity index (χ2n) is 6.39. The molecule has 0 saturated carbocycles. The quantitative estimate of drug-likeness (QED) is 0.784. The van der Waals surface area contributed by atoms with Gasteiger partial charge < -0.3 is 15.4 Å². The van der Waals surface area contributed by atoms with E-state index < -0.39 is 5.97 Å². The fraction of sp³-hybridized carbons (Fsp3) is 0.222. The monoisotopic (exact) mass is 350 g/mol. The number of nitrogens with one attached hydrogen (secondary N) is 3. The Morgan fingerprint density at radius 2 is 2.15 bits per heavy atom. The molecular formula is C18H18N6O2. The number of hydrogen-bond acceptors (Lipinski definition) is 8. The predicted octanol–water partition coefficient (Wildman–Crippen LogP) is 2.53. The van der Waals surface area contributed by atoms with Gasteiger partial charge in [0, 0.05) is 29.4 Å². The molecule has 3 N–H and O–H groups in total. The molecule has 8 heteroatoms. The molecule has 0 aliphatic carbocycles. The minimum Gasteiger partial charge on any atom is -0.471 e. The van der Waals surface area contributed by atoms with Gasteiger partial charge in [-0.3, -0.25) is 9.88 Å². The Kier molecular flexibility index (Phi) is 3.10. The van der Waals surface area contributed by atoms with Gasteiger partial charge in [-0.05, 0) is 44.2 Å². The van der Waals surface area contributed by atoms with E-state index in [1.807, 2.05) is 55.3 Å². The maximum Gasteiger partial charge on any atom is 0.351 e. The second-order valence-corrected chi connectivity index (χ2v) is 6.39. The molecule has 4 heterocycles. The first-order valence-electron chi connectivity index (χ1n) is 8.37. The lowest BCUT2D eigenvalue weighted by atomic mass is 10.2. The van der Waals surface area contributed by atoms with Crippen molar-refractivity contribution in [1.29, 1.82) is 0 Å². The molecule has 5 rings (SSSR count). The third-order valence-corrected chi connectivity index (χ3v) is 4.54. The molecule has 8 nitrogen and oxygen atoms in total. The van der Waals surface area contributed by atoms with Gasteiger partial charge in [0.15, 0.2) is 6.73 Å². The maximum atomic E-state index is 5.90. The highest BCUT2D eigenvalue weighted by Gasteiger charge is 2.49. The van der Waals surface area contributed by atoms with Crippen molar-refractivity contribution in [1.82, 2.24) is 10.5 Å². The zero-order valence-electron chi connectivity index (χ0n) is 14.4. The van der Waals surface area contributed by atoms with Gasteiger partial charge in [-0.25, -0.2) is 15.3 Å². The van der Waals surface area contributed by atoms with Crippen molar-refractivity contribution in [3.05, 3.63) is 53.6 Å². The molecule has 3 aliphatic heterocycles. The normalized spacial score (nSPS) is 22.6. The average Bonchev–Trinajstić information content (AvgIpc) is 3.20. The number of aryl methyl sites for hydroxylation is 1. The molecule has 1 atom stereocenters. The van der Waals surface area contributed by atoms with E-state index in [0.29, 0.717) is 6.73 Å². The van der Waals surface area contributed by atoms with Crippen molar-refractivity contribution in [2.24, 2.45) is 4.99 Å². The molecule has 132 valence electrons. The van der Waals surface area contributed by atoms with Gasteiger partial charge in [0.25, 0.3) is 0 Å². The number of aliphatic imine (C=N–C) groups is 1. The lowest BCUT2D eigenvalue weighted by Gasteiger charge is -2.36. The summed E-state index contributed by atoms with van der Waals surface area (Å²) in [6, 6.07) is 9.81. The third-order valence-electron chi connectivity index (χ3n) is 4.54. The average molecular weight is 350 g/mol. The standard InChI is InChI=1S/C18H18N6O2/c1-11-9-21-18(22-13-5-6-19-12(2)7-13)24(17(11)23-26-18)14-3-4-16-15(8-14)20-10-25-16/h3-9,20,23H,10H2,1-2H3,(H,19,22). The van der Waals surface area contributed by atoms with Crippen molar-refractivity contribution < 1.29 is 9.57 Å². The third kappa shape index (κ3) is 2.19. The number of hydroxylamine groups is 1. The first kappa shape index (κ1) is 15.0. The Bertz CT molecular complexity index is 956. The van der Waals surface area contributed by atoms with Crippen LogP contribution in [0.15, 0.2) is 52.9 Å². The van der Waals surface area contributed by atoms with Gasteiger partial charge in [0.05, 0.1) is 11.4 Å². The molecule has 0 radical (unpaired) electrons. The van der Waals surface area contributed by atoms with E-state index in [4.69, 9.17) is 9.57 Å². The predicted molar refractivity (Wildman–Crippen MR) is 98.8 cm³/mol. The van der Waals surface area contributed by atoms with Crippen LogP contribution in [-0.4, -0.2) is 23.9 Å². The van der Waals surface area contributed by atoms with E-state index in [2.05, 4.69) is 26.1 Å². The highest BCUT2D eigenvalue weighted by molar-refractivity contribution is 5.84. The number of pyridine rings is 1. The Hall–Kier alpha value is -3.26. The smallest absolute Gasteiger partial charge is 0.351 e. The Morgan fingerprint density at radius 3 is 3.04 bits per heavy atom. The number of hydrogen-bond donors (Lipinski definition) is 3. The second kappa shape index (κ2) is 5.37. The van der Waals surface area contributed by atoms with Crippen LogP contribution in [-0.2, 0) is 4.84 Å². The molecular weight excluding hydrogens is 332 g/mol. The van der Waals surface area contributed by atoms with Gasteiger partial charge in [-0.15, -0.1) is 0 Å². The number of nitrogens with zero attached hydrogens (tertiary/aromatic N) is 3. The number of fused-ring (bicyclic) bond motifs is 3. The van der Waals surface area contributed by atoms with Gasteiger partial charge in [0.2, 0.25) is 0 Å². The van der Waals surface area contributed by atoms with Gasteiger partial charge in [-0.1, -0.05) is 0 Å². The van der Waals surface area contributed by atoms with Crippen molar-refractivity contribution >= 4 is 23.3 Å². The summed E-state index contributed by atoms with van der Waals surface area (Å²) in [4.78, 5) is 16.8. The lowest BCUT2D eigenvalue weighted by Crippen LogP contribution is -2.51. The Labute approximate surface area is 150 Å². The minimum absolute atomic E-state index is 0.479. The molecule has 3 aliphatic rings. The topological polar surface area (TPSA) is 83.0 Å². The highest BCUT2D eigenvalue weighted by atomic mass is 16.7. The molecule has 1 aromatic carbocycles. The van der Waals surface area contributed by atoms with Crippen LogP contribution >= 0.6 is 0 Å². The van der Waals surface area contributed by atoms with Crippen LogP contribution in [0.1, 0.15) is 12.6 Å². The van der Waals surface area contributed by atoms with Gasteiger partial charge in [0.1, 0.15) is 11.6 Å². The Balaban J connectivity index is 1.58. The van der Waals surface area contributed by atoms with E-state index in [9.17, 15) is 0 Å². The van der Waals surface area contributed by atoms with Crippen LogP contribution in [0.2, 0.25) is 0 Å². The number of aromatic nitrogens is 1. The van der Waals surface area contributed by atoms with E-state index in [0.717, 1.165) is 39.9 Å². The zero-order chi connectivity index (χ0) is 17.7. The minimum atomic E-state index is -1.11. The number of anilines is 3. The molecule has 0 spiro atoms. The van der Waals surface area contributed by atoms with Gasteiger partial charge >= 0.3 is 5.97 Å². The molecule has 1 fully saturated rings. The van der Waals surface area contributed by atoms with Crippen molar-refractivity contribution in [2.45, 2.75) is 19.8 Å². The molecule has 2 bridgehead atoms. The van der Waals surface area contributed by atoms with Crippen LogP contribution in [0.5, 0.6) is 5.75 Å². The van der Waals surface area contributed by atoms with E-state index >= 15 is 0 Å². The fourth-order valence-corrected chi connectivity index (χ4v) is 3.29. The zero-order valence-corrected chi connectivity index (χ0v) is 14.4. The SMILES string of the molecule is CC1=C2NOC(Nc3ccnc(C)c3)(N=C1)N2c1ccc2c(c1)NCO2. The summed E-state index contributed by atoms with van der Waals surface area (Å²) in [5.41, 5.74) is 7.65. The molecule has 1 aromatic heterocycles. The fourth-order valence-electron chi connectivity index (χ4n) is 3.29. The van der Waals surface area contributed by atoms with Crippen LogP contribution in [0.3, 0.4) is 0 Å².